The van der Waals surface area contributed by atoms with Crippen molar-refractivity contribution >= 4 is 22.6 Å². The van der Waals surface area contributed by atoms with E-state index in [0.29, 0.717) is 43.6 Å². The molecule has 1 amide bonds. The molecule has 3 aliphatic rings. The molecule has 4 aromatic rings. The molecule has 3 heterocycles. The smallest absolute Gasteiger partial charge is 0.378 e. The van der Waals surface area contributed by atoms with Crippen molar-refractivity contribution in [3.05, 3.63) is 83.4 Å². The normalized spacial score (nSPS) is 26.1. The molecule has 47 heavy (non-hydrogen) atoms. The van der Waals surface area contributed by atoms with Gasteiger partial charge >= 0.3 is 6.18 Å². The number of hydrogen-bond acceptors (Lipinski definition) is 4. The molecule has 5 unspecified atom stereocenters. The summed E-state index contributed by atoms with van der Waals surface area (Å²) in [4.78, 5) is 18.2. The number of nitrogens with one attached hydrogen (secondary N) is 1. The van der Waals surface area contributed by atoms with Gasteiger partial charge < -0.3 is 19.4 Å². The van der Waals surface area contributed by atoms with E-state index in [1.54, 1.807) is 0 Å². The van der Waals surface area contributed by atoms with Gasteiger partial charge in [-0.3, -0.25) is 4.79 Å². The van der Waals surface area contributed by atoms with Gasteiger partial charge in [0.05, 0.1) is 40.6 Å². The molecular weight excluding hydrogens is 610 g/mol. The number of halogens is 4. The number of ether oxygens (including phenoxy) is 2. The molecule has 2 aliphatic heterocycles. The summed E-state index contributed by atoms with van der Waals surface area (Å²) in [5, 5.41) is 2.57. The van der Waals surface area contributed by atoms with Crippen LogP contribution in [-0.4, -0.2) is 40.4 Å². The van der Waals surface area contributed by atoms with Crippen LogP contribution in [0.2, 0.25) is 0 Å². The lowest BCUT2D eigenvalue weighted by molar-refractivity contribution is -0.137. The van der Waals surface area contributed by atoms with Crippen LogP contribution < -0.4 is 5.32 Å². The number of anilines is 1. The van der Waals surface area contributed by atoms with Gasteiger partial charge in [0.25, 0.3) is 0 Å². The Balaban J connectivity index is 1.08. The van der Waals surface area contributed by atoms with Gasteiger partial charge in [0.15, 0.2) is 0 Å². The van der Waals surface area contributed by atoms with Gasteiger partial charge in [-0.25, -0.2) is 9.37 Å². The molecule has 2 saturated heterocycles. The first kappa shape index (κ1) is 31.8. The number of carbonyl (C=O) groups is 1. The first-order valence-electron chi connectivity index (χ1n) is 16.5. The molecular formula is C37H39F4N3O3. The molecule has 0 spiro atoms. The van der Waals surface area contributed by atoms with Gasteiger partial charge in [-0.2, -0.15) is 13.2 Å². The first-order valence-corrected chi connectivity index (χ1v) is 16.5. The molecule has 2 bridgehead atoms. The van der Waals surface area contributed by atoms with E-state index in [-0.39, 0.29) is 17.7 Å². The van der Waals surface area contributed by atoms with Gasteiger partial charge in [0.1, 0.15) is 11.6 Å². The average Bonchev–Trinajstić information content (AvgIpc) is 3.55. The third kappa shape index (κ3) is 6.81. The topological polar surface area (TPSA) is 65.4 Å². The average molecular weight is 650 g/mol. The van der Waals surface area contributed by atoms with Crippen LogP contribution in [0.3, 0.4) is 0 Å². The summed E-state index contributed by atoms with van der Waals surface area (Å²) < 4.78 is 68.4. The minimum Gasteiger partial charge on any atom is -0.378 e. The highest BCUT2D eigenvalue weighted by Crippen LogP contribution is 2.41. The number of imidazole rings is 1. The Morgan fingerprint density at radius 1 is 0.957 bits per heavy atom. The second-order valence-corrected chi connectivity index (χ2v) is 13.6. The van der Waals surface area contributed by atoms with E-state index < -0.39 is 29.4 Å². The maximum absolute atomic E-state index is 14.7. The Morgan fingerprint density at radius 2 is 1.68 bits per heavy atom. The van der Waals surface area contributed by atoms with Crippen molar-refractivity contribution in [3.8, 4) is 11.1 Å². The second-order valence-electron chi connectivity index (χ2n) is 13.6. The summed E-state index contributed by atoms with van der Waals surface area (Å²) in [7, 11) is 2.00. The Bertz CT molecular complexity index is 1760. The van der Waals surface area contributed by atoms with E-state index in [9.17, 15) is 22.4 Å². The minimum absolute atomic E-state index is 0.0165. The zero-order valence-electron chi connectivity index (χ0n) is 26.5. The molecule has 7 rings (SSSR count). The van der Waals surface area contributed by atoms with Crippen LogP contribution in [0, 0.1) is 24.6 Å². The molecule has 248 valence electrons. The van der Waals surface area contributed by atoms with Crippen molar-refractivity contribution in [1.82, 2.24) is 9.55 Å². The zero-order chi connectivity index (χ0) is 32.9. The molecule has 6 nitrogen and oxygen atoms in total. The lowest BCUT2D eigenvalue weighted by atomic mass is 9.76. The second kappa shape index (κ2) is 12.7. The van der Waals surface area contributed by atoms with E-state index in [1.807, 2.05) is 14.0 Å². The number of alkyl halides is 3. The highest BCUT2D eigenvalue weighted by Gasteiger charge is 2.38. The largest absolute Gasteiger partial charge is 0.416 e. The summed E-state index contributed by atoms with van der Waals surface area (Å²) in [6.07, 6.45) is 1.64. The number of aryl methyl sites for hydroxylation is 2. The predicted molar refractivity (Wildman–Crippen MR) is 171 cm³/mol. The van der Waals surface area contributed by atoms with Crippen molar-refractivity contribution in [2.45, 2.75) is 82.3 Å². The standard InChI is InChI=1S/C37H39F4N3O3/c1-21-42-34-18-25(7-12-35(34)44(21)2)23-3-5-24(6-4-23)26-15-27(36(45)43-33-11-8-28(19-32(33)38)37(39,40)41)17-31(16-26)46-20-22-13-29-9-10-30(14-22)47-29/h3-8,11-12,18-19,22,26-27,29-31H,9-10,13-17,20H2,1-2H3,(H,43,45). The number of carbonyl (C=O) groups excluding carboxylic acids is 1. The quantitative estimate of drug-likeness (QED) is 0.204. The highest BCUT2D eigenvalue weighted by molar-refractivity contribution is 5.93. The summed E-state index contributed by atoms with van der Waals surface area (Å²) in [6, 6.07) is 16.8. The van der Waals surface area contributed by atoms with Gasteiger partial charge in [-0.1, -0.05) is 30.3 Å². The van der Waals surface area contributed by atoms with E-state index in [2.05, 4.69) is 57.3 Å². The highest BCUT2D eigenvalue weighted by atomic mass is 19.4. The van der Waals surface area contributed by atoms with Crippen molar-refractivity contribution in [2.75, 3.05) is 11.9 Å². The van der Waals surface area contributed by atoms with Gasteiger partial charge in [-0.05, 0) is 111 Å². The molecule has 3 fully saturated rings. The third-order valence-corrected chi connectivity index (χ3v) is 10.4. The number of fused-ring (bicyclic) bond motifs is 3. The molecule has 1 aromatic heterocycles. The van der Waals surface area contributed by atoms with Crippen LogP contribution in [0.15, 0.2) is 60.7 Å². The molecule has 1 aliphatic carbocycles. The maximum Gasteiger partial charge on any atom is 0.416 e. The third-order valence-electron chi connectivity index (χ3n) is 10.4. The zero-order valence-corrected chi connectivity index (χ0v) is 26.5. The fraction of sp³-hybridized carbons (Fsp3) is 0.459. The van der Waals surface area contributed by atoms with E-state index in [4.69, 9.17) is 9.47 Å². The van der Waals surface area contributed by atoms with Crippen molar-refractivity contribution in [2.24, 2.45) is 18.9 Å². The maximum atomic E-state index is 14.7. The van der Waals surface area contributed by atoms with Crippen LogP contribution in [-0.2, 0) is 27.5 Å². The molecule has 10 heteroatoms. The Morgan fingerprint density at radius 3 is 2.38 bits per heavy atom. The van der Waals surface area contributed by atoms with Crippen molar-refractivity contribution in [3.63, 3.8) is 0 Å². The van der Waals surface area contributed by atoms with Gasteiger partial charge in [0.2, 0.25) is 5.91 Å². The number of aromatic nitrogens is 2. The lowest BCUT2D eigenvalue weighted by Crippen LogP contribution is -2.36. The first-order chi connectivity index (χ1) is 22.5. The predicted octanol–water partition coefficient (Wildman–Crippen LogP) is 8.57. The van der Waals surface area contributed by atoms with Gasteiger partial charge in [0, 0.05) is 19.6 Å². The van der Waals surface area contributed by atoms with Crippen LogP contribution in [0.5, 0.6) is 0 Å². The van der Waals surface area contributed by atoms with E-state index in [1.165, 1.54) is 0 Å². The minimum atomic E-state index is -4.67. The Labute approximate surface area is 271 Å². The monoisotopic (exact) mass is 649 g/mol. The SMILES string of the molecule is Cc1nc2cc(-c3ccc(C4CC(OCC5CC6CCC(C5)O6)CC(C(=O)Nc5ccc(C(F)(F)F)cc5F)C4)cc3)ccc2n1C. The fourth-order valence-electron chi connectivity index (χ4n) is 7.74. The summed E-state index contributed by atoms with van der Waals surface area (Å²) in [5.74, 6) is -0.651. The Kier molecular flexibility index (Phi) is 8.59. The molecule has 0 radical (unpaired) electrons. The fourth-order valence-corrected chi connectivity index (χ4v) is 7.74. The molecule has 1 N–H and O–H groups in total. The number of rotatable bonds is 7. The number of amides is 1. The van der Waals surface area contributed by atoms with Crippen LogP contribution >= 0.6 is 0 Å². The summed E-state index contributed by atoms with van der Waals surface area (Å²) in [6.45, 7) is 2.58. The van der Waals surface area contributed by atoms with E-state index >= 15 is 0 Å². The van der Waals surface area contributed by atoms with E-state index in [0.717, 1.165) is 77.8 Å². The summed E-state index contributed by atoms with van der Waals surface area (Å²) >= 11 is 0. The van der Waals surface area contributed by atoms with Crippen LogP contribution in [0.4, 0.5) is 23.2 Å². The van der Waals surface area contributed by atoms with Gasteiger partial charge in [-0.15, -0.1) is 0 Å². The van der Waals surface area contributed by atoms with Crippen LogP contribution in [0.25, 0.3) is 22.2 Å². The molecule has 5 atom stereocenters. The van der Waals surface area contributed by atoms with Crippen molar-refractivity contribution in [1.29, 1.82) is 0 Å². The lowest BCUT2D eigenvalue weighted by Gasteiger charge is -2.36. The molecule has 3 aromatic carbocycles. The number of hydrogen-bond donors (Lipinski definition) is 1. The number of benzene rings is 3. The summed E-state index contributed by atoms with van der Waals surface area (Å²) in [5.41, 5.74) is 3.86. The number of nitrogens with zero attached hydrogens (tertiary/aromatic N) is 2. The molecule has 1 saturated carbocycles. The van der Waals surface area contributed by atoms with Crippen molar-refractivity contribution < 1.29 is 31.8 Å². The Hall–Kier alpha value is -3.76. The van der Waals surface area contributed by atoms with Crippen LogP contribution in [0.1, 0.15) is 67.8 Å².